The molecule has 4 rings (SSSR count). The Labute approximate surface area is 176 Å². The van der Waals surface area contributed by atoms with E-state index in [0.29, 0.717) is 22.9 Å². The zero-order valence-corrected chi connectivity index (χ0v) is 17.5. The molecule has 0 radical (unpaired) electrons. The van der Waals surface area contributed by atoms with Gasteiger partial charge in [0.05, 0.1) is 11.6 Å². The van der Waals surface area contributed by atoms with Crippen molar-refractivity contribution < 1.29 is 9.52 Å². The number of fused-ring (bicyclic) bond motifs is 1. The van der Waals surface area contributed by atoms with Crippen LogP contribution >= 0.6 is 0 Å². The van der Waals surface area contributed by atoms with Crippen molar-refractivity contribution in [3.63, 3.8) is 0 Å². The first-order valence-corrected chi connectivity index (χ1v) is 10.6. The van der Waals surface area contributed by atoms with Crippen molar-refractivity contribution >= 4 is 11.1 Å². The van der Waals surface area contributed by atoms with E-state index < -0.39 is 6.23 Å². The average molecular weight is 405 g/mol. The molecule has 2 heterocycles. The number of benzene rings is 2. The number of aliphatic hydroxyl groups is 1. The molecule has 0 amide bonds. The van der Waals surface area contributed by atoms with Crippen LogP contribution in [0.5, 0.6) is 0 Å². The molecule has 0 spiro atoms. The smallest absolute Gasteiger partial charge is 0.227 e. The van der Waals surface area contributed by atoms with Crippen LogP contribution in [0.1, 0.15) is 55.5 Å². The van der Waals surface area contributed by atoms with Crippen LogP contribution in [-0.4, -0.2) is 29.7 Å². The van der Waals surface area contributed by atoms with E-state index in [2.05, 4.69) is 35.5 Å². The van der Waals surface area contributed by atoms with Gasteiger partial charge < -0.3 is 14.8 Å². The lowest BCUT2D eigenvalue weighted by atomic mass is 9.98. The number of oxazole rings is 1. The lowest BCUT2D eigenvalue weighted by Crippen LogP contribution is -2.35. The summed E-state index contributed by atoms with van der Waals surface area (Å²) in [6.45, 7) is 7.07. The molecular formula is C24H28N4O2. The van der Waals surface area contributed by atoms with Crippen LogP contribution in [-0.2, 0) is 0 Å². The van der Waals surface area contributed by atoms with Crippen LogP contribution in [0.4, 0.5) is 0 Å². The Bertz CT molecular complexity index is 1040. The average Bonchev–Trinajstić information content (AvgIpc) is 3.21. The number of piperidine rings is 1. The van der Waals surface area contributed by atoms with Crippen LogP contribution in [0.25, 0.3) is 22.6 Å². The first kappa shape index (κ1) is 20.5. The van der Waals surface area contributed by atoms with Gasteiger partial charge in [0.1, 0.15) is 11.7 Å². The molecule has 1 fully saturated rings. The molecule has 3 N–H and O–H groups in total. The van der Waals surface area contributed by atoms with Gasteiger partial charge in [-0.1, -0.05) is 26.0 Å². The molecule has 1 unspecified atom stereocenters. The summed E-state index contributed by atoms with van der Waals surface area (Å²) in [5.41, 5.74) is 4.65. The molecule has 30 heavy (non-hydrogen) atoms. The van der Waals surface area contributed by atoms with Crippen molar-refractivity contribution in [2.24, 2.45) is 5.92 Å². The summed E-state index contributed by atoms with van der Waals surface area (Å²) in [6.07, 6.45) is 1.59. The van der Waals surface area contributed by atoms with Crippen molar-refractivity contribution in [1.29, 1.82) is 5.26 Å². The predicted octanol–water partition coefficient (Wildman–Crippen LogP) is 4.07. The van der Waals surface area contributed by atoms with E-state index in [1.54, 1.807) is 6.07 Å². The van der Waals surface area contributed by atoms with E-state index in [0.717, 1.165) is 54.7 Å². The molecule has 1 aliphatic heterocycles. The molecule has 1 saturated heterocycles. The number of nitrogens with one attached hydrogen (secondary N) is 2. The van der Waals surface area contributed by atoms with Crippen LogP contribution in [0, 0.1) is 17.2 Å². The number of nitriles is 1. The molecule has 0 saturated carbocycles. The van der Waals surface area contributed by atoms with Crippen molar-refractivity contribution in [3.05, 3.63) is 53.1 Å². The Morgan fingerprint density at radius 1 is 1.23 bits per heavy atom. The summed E-state index contributed by atoms with van der Waals surface area (Å²) >= 11 is 0. The third kappa shape index (κ3) is 4.39. The minimum atomic E-state index is -0.691. The number of hydrogen-bond donors (Lipinski definition) is 3. The molecular weight excluding hydrogens is 376 g/mol. The third-order valence-electron chi connectivity index (χ3n) is 5.80. The Morgan fingerprint density at radius 2 is 1.97 bits per heavy atom. The maximum Gasteiger partial charge on any atom is 0.227 e. The molecule has 1 aliphatic rings. The third-order valence-corrected chi connectivity index (χ3v) is 5.80. The van der Waals surface area contributed by atoms with Gasteiger partial charge >= 0.3 is 0 Å². The first-order valence-electron chi connectivity index (χ1n) is 10.6. The molecule has 0 bridgehead atoms. The van der Waals surface area contributed by atoms with Crippen molar-refractivity contribution in [2.45, 2.75) is 38.8 Å². The Balaban J connectivity index is 1.51. The zero-order valence-electron chi connectivity index (χ0n) is 17.5. The van der Waals surface area contributed by atoms with E-state index in [-0.39, 0.29) is 5.92 Å². The quantitative estimate of drug-likeness (QED) is 0.536. The highest BCUT2D eigenvalue weighted by atomic mass is 16.3. The fourth-order valence-corrected chi connectivity index (χ4v) is 3.97. The molecule has 1 atom stereocenters. The second-order valence-corrected chi connectivity index (χ2v) is 8.33. The number of aliphatic hydroxyl groups excluding tert-OH is 1. The number of hydrogen-bond acceptors (Lipinski definition) is 6. The van der Waals surface area contributed by atoms with Gasteiger partial charge in [-0.05, 0) is 67.6 Å². The normalized spacial score (nSPS) is 16.1. The standard InChI is InChI=1S/C24H28N4O2/c1-15(2)20-11-17(13-25)12-21-22(20)30-24(28-21)19-5-3-18(4-6-19)23(29)27-14-16-7-9-26-10-8-16/h3-6,11-12,15-16,23,26-27,29H,7-10,14H2,1-2H3. The minimum absolute atomic E-state index is 0.227. The lowest BCUT2D eigenvalue weighted by Gasteiger charge is -2.24. The number of nitrogens with zero attached hydrogens (tertiary/aromatic N) is 2. The van der Waals surface area contributed by atoms with Gasteiger partial charge in [-0.15, -0.1) is 0 Å². The van der Waals surface area contributed by atoms with Gasteiger partial charge in [0.25, 0.3) is 0 Å². The van der Waals surface area contributed by atoms with Gasteiger partial charge in [-0.2, -0.15) is 5.26 Å². The molecule has 0 aliphatic carbocycles. The number of aromatic nitrogens is 1. The fraction of sp³-hybridized carbons (Fsp3) is 0.417. The lowest BCUT2D eigenvalue weighted by molar-refractivity contribution is 0.129. The topological polar surface area (TPSA) is 94.1 Å². The first-order chi connectivity index (χ1) is 14.5. The summed E-state index contributed by atoms with van der Waals surface area (Å²) in [5.74, 6) is 1.35. The maximum absolute atomic E-state index is 10.5. The van der Waals surface area contributed by atoms with Gasteiger partial charge in [0.2, 0.25) is 5.89 Å². The van der Waals surface area contributed by atoms with Crippen LogP contribution in [0.15, 0.2) is 40.8 Å². The van der Waals surface area contributed by atoms with Gasteiger partial charge in [0, 0.05) is 17.7 Å². The summed E-state index contributed by atoms with van der Waals surface area (Å²) in [7, 11) is 0. The van der Waals surface area contributed by atoms with E-state index in [1.165, 1.54) is 0 Å². The van der Waals surface area contributed by atoms with Crippen molar-refractivity contribution in [1.82, 2.24) is 15.6 Å². The molecule has 3 aromatic rings. The van der Waals surface area contributed by atoms with Gasteiger partial charge in [-0.3, -0.25) is 5.32 Å². The SMILES string of the molecule is CC(C)c1cc(C#N)cc2nc(-c3ccc(C(O)NCC4CCNCC4)cc3)oc12. The molecule has 2 aromatic carbocycles. The zero-order chi connectivity index (χ0) is 21.1. The van der Waals surface area contributed by atoms with Crippen LogP contribution < -0.4 is 10.6 Å². The molecule has 1 aromatic heterocycles. The van der Waals surface area contributed by atoms with Crippen LogP contribution in [0.2, 0.25) is 0 Å². The Kier molecular flexibility index (Phi) is 6.14. The van der Waals surface area contributed by atoms with E-state index >= 15 is 0 Å². The maximum atomic E-state index is 10.5. The molecule has 6 heteroatoms. The minimum Gasteiger partial charge on any atom is -0.436 e. The largest absolute Gasteiger partial charge is 0.436 e. The highest BCUT2D eigenvalue weighted by Gasteiger charge is 2.17. The second kappa shape index (κ2) is 8.97. The summed E-state index contributed by atoms with van der Waals surface area (Å²) in [4.78, 5) is 4.60. The second-order valence-electron chi connectivity index (χ2n) is 8.33. The van der Waals surface area contributed by atoms with E-state index in [9.17, 15) is 10.4 Å². The molecule has 6 nitrogen and oxygen atoms in total. The van der Waals surface area contributed by atoms with Crippen molar-refractivity contribution in [3.8, 4) is 17.5 Å². The highest BCUT2D eigenvalue weighted by molar-refractivity contribution is 5.81. The highest BCUT2D eigenvalue weighted by Crippen LogP contribution is 2.31. The summed E-state index contributed by atoms with van der Waals surface area (Å²) in [5, 5.41) is 26.4. The Hall–Kier alpha value is -2.72. The monoisotopic (exact) mass is 404 g/mol. The fourth-order valence-electron chi connectivity index (χ4n) is 3.97. The van der Waals surface area contributed by atoms with Crippen LogP contribution in [0.3, 0.4) is 0 Å². The summed E-state index contributed by atoms with van der Waals surface area (Å²) in [6, 6.07) is 13.4. The summed E-state index contributed by atoms with van der Waals surface area (Å²) < 4.78 is 6.07. The predicted molar refractivity (Wildman–Crippen MR) is 117 cm³/mol. The van der Waals surface area contributed by atoms with Crippen molar-refractivity contribution in [2.75, 3.05) is 19.6 Å². The number of rotatable bonds is 6. The van der Waals surface area contributed by atoms with E-state index in [1.807, 2.05) is 30.3 Å². The van der Waals surface area contributed by atoms with Gasteiger partial charge in [-0.25, -0.2) is 4.98 Å². The Morgan fingerprint density at radius 3 is 2.63 bits per heavy atom. The molecule has 156 valence electrons. The van der Waals surface area contributed by atoms with E-state index in [4.69, 9.17) is 4.42 Å². The van der Waals surface area contributed by atoms with Gasteiger partial charge in [0.15, 0.2) is 5.58 Å².